The molecule has 0 rings (SSSR count). The molecule has 0 saturated carbocycles. The number of hydrogen-bond donors (Lipinski definition) is 0. The highest BCUT2D eigenvalue weighted by Gasteiger charge is 2.17. The minimum atomic E-state index is -0.0259. The lowest BCUT2D eigenvalue weighted by Crippen LogP contribution is -2.24. The second kappa shape index (κ2) is 4.55. The van der Waals surface area contributed by atoms with E-state index < -0.39 is 0 Å². The van der Waals surface area contributed by atoms with Crippen molar-refractivity contribution in [3.05, 3.63) is 12.2 Å². The summed E-state index contributed by atoms with van der Waals surface area (Å²) in [7, 11) is 0. The Hall–Kier alpha value is -0.300. The highest BCUT2D eigenvalue weighted by atomic mass is 16.5. The Morgan fingerprint density at radius 3 is 2.36 bits per heavy atom. The molecule has 0 amide bonds. The van der Waals surface area contributed by atoms with Gasteiger partial charge in [-0.2, -0.15) is 0 Å². The smallest absolute Gasteiger partial charge is 0.0663 e. The van der Waals surface area contributed by atoms with E-state index in [0.29, 0.717) is 0 Å². The van der Waals surface area contributed by atoms with Crippen LogP contribution >= 0.6 is 0 Å². The van der Waals surface area contributed by atoms with E-state index in [-0.39, 0.29) is 5.60 Å². The van der Waals surface area contributed by atoms with E-state index in [0.717, 1.165) is 19.4 Å². The Kier molecular flexibility index (Phi) is 4.43. The van der Waals surface area contributed by atoms with Crippen LogP contribution in [0.3, 0.4) is 0 Å². The highest BCUT2D eigenvalue weighted by molar-refractivity contribution is 4.94. The first-order valence-electron chi connectivity index (χ1n) is 4.26. The summed E-state index contributed by atoms with van der Waals surface area (Å²) in [6.07, 6.45) is 2.03. The first kappa shape index (κ1) is 10.7. The van der Waals surface area contributed by atoms with Gasteiger partial charge in [0.25, 0.3) is 0 Å². The zero-order valence-corrected chi connectivity index (χ0v) is 8.24. The lowest BCUT2D eigenvalue weighted by Gasteiger charge is -2.25. The van der Waals surface area contributed by atoms with E-state index in [9.17, 15) is 0 Å². The van der Waals surface area contributed by atoms with Crippen molar-refractivity contribution in [2.24, 2.45) is 0 Å². The van der Waals surface area contributed by atoms with E-state index in [1.807, 2.05) is 6.92 Å². The predicted molar refractivity (Wildman–Crippen MR) is 49.8 cm³/mol. The van der Waals surface area contributed by atoms with Gasteiger partial charge in [0.2, 0.25) is 0 Å². The summed E-state index contributed by atoms with van der Waals surface area (Å²) in [4.78, 5) is 0. The van der Waals surface area contributed by atoms with Crippen molar-refractivity contribution in [3.63, 3.8) is 0 Å². The molecule has 0 aromatic heterocycles. The first-order valence-corrected chi connectivity index (χ1v) is 4.26. The summed E-state index contributed by atoms with van der Waals surface area (Å²) in [5.41, 5.74) is 1.16. The molecular weight excluding hydrogens is 136 g/mol. The second-order valence-electron chi connectivity index (χ2n) is 3.74. The zero-order valence-electron chi connectivity index (χ0n) is 8.24. The second-order valence-corrected chi connectivity index (χ2v) is 3.74. The molecule has 0 aliphatic rings. The fraction of sp³-hybridized carbons (Fsp3) is 0.800. The van der Waals surface area contributed by atoms with Crippen molar-refractivity contribution >= 4 is 0 Å². The predicted octanol–water partition coefficient (Wildman–Crippen LogP) is 3.16. The van der Waals surface area contributed by atoms with Gasteiger partial charge < -0.3 is 4.74 Å². The van der Waals surface area contributed by atoms with Gasteiger partial charge in [0.05, 0.1) is 5.60 Å². The molecular formula is C10H20O. The topological polar surface area (TPSA) is 9.23 Å². The van der Waals surface area contributed by atoms with E-state index in [2.05, 4.69) is 27.4 Å². The lowest BCUT2D eigenvalue weighted by molar-refractivity contribution is -0.0163. The lowest BCUT2D eigenvalue weighted by atomic mass is 10.0. The minimum absolute atomic E-state index is 0.0259. The van der Waals surface area contributed by atoms with E-state index >= 15 is 0 Å². The number of ether oxygens (including phenoxy) is 1. The van der Waals surface area contributed by atoms with E-state index in [4.69, 9.17) is 4.74 Å². The van der Waals surface area contributed by atoms with Gasteiger partial charge in [-0.05, 0) is 33.6 Å². The molecule has 0 aliphatic heterocycles. The molecule has 0 saturated heterocycles. The normalized spacial score (nSPS) is 11.6. The van der Waals surface area contributed by atoms with Crippen LogP contribution in [0.15, 0.2) is 12.2 Å². The molecule has 11 heavy (non-hydrogen) atoms. The molecule has 1 heteroatoms. The van der Waals surface area contributed by atoms with Crippen LogP contribution in [0, 0.1) is 0 Å². The molecule has 0 aromatic rings. The maximum Gasteiger partial charge on any atom is 0.0663 e. The molecule has 0 N–H and O–H groups in total. The van der Waals surface area contributed by atoms with E-state index in [1.54, 1.807) is 0 Å². The molecule has 0 atom stereocenters. The Balaban J connectivity index is 3.70. The molecule has 1 nitrogen and oxygen atoms in total. The molecule has 0 aliphatic carbocycles. The van der Waals surface area contributed by atoms with Crippen LogP contribution in [0.2, 0.25) is 0 Å². The average molecular weight is 156 g/mol. The standard InChI is InChI=1S/C10H20O/c1-6-7-11-10(4,5)8-9(2)3/h2,6-8H2,1,3-5H3. The van der Waals surface area contributed by atoms with Crippen molar-refractivity contribution in [1.29, 1.82) is 0 Å². The van der Waals surface area contributed by atoms with Crippen molar-refractivity contribution in [1.82, 2.24) is 0 Å². The summed E-state index contributed by atoms with van der Waals surface area (Å²) in [5, 5.41) is 0. The molecule has 0 aromatic carbocycles. The van der Waals surface area contributed by atoms with Crippen LogP contribution < -0.4 is 0 Å². The van der Waals surface area contributed by atoms with Crippen molar-refractivity contribution in [2.75, 3.05) is 6.61 Å². The van der Waals surface area contributed by atoms with E-state index in [1.165, 1.54) is 5.57 Å². The molecule has 0 heterocycles. The molecule has 0 fully saturated rings. The van der Waals surface area contributed by atoms with Crippen molar-refractivity contribution in [2.45, 2.75) is 46.1 Å². The zero-order chi connectivity index (χ0) is 8.91. The minimum Gasteiger partial charge on any atom is -0.375 e. The Bertz CT molecular complexity index is 125. The van der Waals surface area contributed by atoms with Gasteiger partial charge in [-0.1, -0.05) is 12.5 Å². The summed E-state index contributed by atoms with van der Waals surface area (Å²) in [6.45, 7) is 13.1. The summed E-state index contributed by atoms with van der Waals surface area (Å²) < 4.78 is 5.63. The van der Waals surface area contributed by atoms with Crippen LogP contribution in [0.5, 0.6) is 0 Å². The third-order valence-electron chi connectivity index (χ3n) is 1.42. The third-order valence-corrected chi connectivity index (χ3v) is 1.42. The molecule has 66 valence electrons. The quantitative estimate of drug-likeness (QED) is 0.555. The molecule has 0 spiro atoms. The summed E-state index contributed by atoms with van der Waals surface area (Å²) in [5.74, 6) is 0. The number of rotatable bonds is 5. The maximum atomic E-state index is 5.63. The average Bonchev–Trinajstić information content (AvgIpc) is 1.81. The third kappa shape index (κ3) is 6.11. The monoisotopic (exact) mass is 156 g/mol. The fourth-order valence-electron chi connectivity index (χ4n) is 1.16. The van der Waals surface area contributed by atoms with Gasteiger partial charge in [-0.25, -0.2) is 0 Å². The van der Waals surface area contributed by atoms with Gasteiger partial charge in [-0.3, -0.25) is 0 Å². The largest absolute Gasteiger partial charge is 0.375 e. The molecule has 0 radical (unpaired) electrons. The maximum absolute atomic E-state index is 5.63. The van der Waals surface area contributed by atoms with Crippen LogP contribution in [0.1, 0.15) is 40.5 Å². The van der Waals surface area contributed by atoms with Crippen molar-refractivity contribution in [3.8, 4) is 0 Å². The Morgan fingerprint density at radius 2 is 2.00 bits per heavy atom. The van der Waals surface area contributed by atoms with Gasteiger partial charge >= 0.3 is 0 Å². The van der Waals surface area contributed by atoms with Crippen LogP contribution in [0.25, 0.3) is 0 Å². The van der Waals surface area contributed by atoms with Gasteiger partial charge in [-0.15, -0.1) is 6.58 Å². The van der Waals surface area contributed by atoms with Crippen molar-refractivity contribution < 1.29 is 4.74 Å². The fourth-order valence-corrected chi connectivity index (χ4v) is 1.16. The van der Waals surface area contributed by atoms with Crippen LogP contribution in [-0.2, 0) is 4.74 Å². The van der Waals surface area contributed by atoms with Crippen LogP contribution in [-0.4, -0.2) is 12.2 Å². The highest BCUT2D eigenvalue weighted by Crippen LogP contribution is 2.18. The Morgan fingerprint density at radius 1 is 1.45 bits per heavy atom. The van der Waals surface area contributed by atoms with Gasteiger partial charge in [0.1, 0.15) is 0 Å². The van der Waals surface area contributed by atoms with Crippen LogP contribution in [0.4, 0.5) is 0 Å². The van der Waals surface area contributed by atoms with Gasteiger partial charge in [0, 0.05) is 6.61 Å². The number of hydrogen-bond acceptors (Lipinski definition) is 1. The molecule has 0 bridgehead atoms. The summed E-state index contributed by atoms with van der Waals surface area (Å²) >= 11 is 0. The van der Waals surface area contributed by atoms with Gasteiger partial charge in [0.15, 0.2) is 0 Å². The SMILES string of the molecule is C=C(C)CC(C)(C)OCCC. The first-order chi connectivity index (χ1) is 4.98. The molecule has 0 unspecified atom stereocenters. The Labute approximate surface area is 70.4 Å². The summed E-state index contributed by atoms with van der Waals surface area (Å²) in [6, 6.07) is 0.